The number of nitrogens with zero attached hydrogens (tertiary/aromatic N) is 2. The molecule has 0 aliphatic carbocycles. The van der Waals surface area contributed by atoms with E-state index in [4.69, 9.17) is 4.52 Å². The summed E-state index contributed by atoms with van der Waals surface area (Å²) < 4.78 is 5.35. The number of rotatable bonds is 2. The minimum Gasteiger partial charge on any atom is -0.339 e. The SMILES string of the molecule is CC1NCCC1c1nc(-c2ccsc2)no1. The summed E-state index contributed by atoms with van der Waals surface area (Å²) >= 11 is 1.64. The second-order valence-electron chi connectivity index (χ2n) is 4.11. The van der Waals surface area contributed by atoms with Gasteiger partial charge in [-0.3, -0.25) is 0 Å². The molecule has 0 radical (unpaired) electrons. The molecule has 5 heteroatoms. The second-order valence-corrected chi connectivity index (χ2v) is 4.89. The standard InChI is InChI=1S/C11H13N3OS/c1-7-9(2-4-12-7)11-13-10(14-15-11)8-3-5-16-6-8/h3,5-7,9,12H,2,4H2,1H3. The summed E-state index contributed by atoms with van der Waals surface area (Å²) in [5, 5.41) is 11.5. The summed E-state index contributed by atoms with van der Waals surface area (Å²) in [6, 6.07) is 2.44. The van der Waals surface area contributed by atoms with Crippen LogP contribution in [0.1, 0.15) is 25.2 Å². The maximum atomic E-state index is 5.35. The van der Waals surface area contributed by atoms with E-state index in [1.54, 1.807) is 11.3 Å². The lowest BCUT2D eigenvalue weighted by Gasteiger charge is -2.08. The number of nitrogens with one attached hydrogen (secondary N) is 1. The van der Waals surface area contributed by atoms with E-state index in [0.29, 0.717) is 17.8 Å². The Morgan fingerprint density at radius 1 is 1.56 bits per heavy atom. The first-order valence-corrected chi connectivity index (χ1v) is 6.38. The molecule has 2 atom stereocenters. The summed E-state index contributed by atoms with van der Waals surface area (Å²) in [5.74, 6) is 1.83. The Bertz CT molecular complexity index is 465. The zero-order valence-electron chi connectivity index (χ0n) is 9.01. The van der Waals surface area contributed by atoms with Gasteiger partial charge >= 0.3 is 0 Å². The van der Waals surface area contributed by atoms with Gasteiger partial charge in [-0.25, -0.2) is 0 Å². The quantitative estimate of drug-likeness (QED) is 0.867. The zero-order valence-corrected chi connectivity index (χ0v) is 9.83. The molecule has 4 nitrogen and oxygen atoms in total. The van der Waals surface area contributed by atoms with Crippen LogP contribution in [0.4, 0.5) is 0 Å². The summed E-state index contributed by atoms with van der Waals surface area (Å²) in [7, 11) is 0. The average Bonchev–Trinajstić information content (AvgIpc) is 2.96. The zero-order chi connectivity index (χ0) is 11.0. The van der Waals surface area contributed by atoms with Crippen LogP contribution in [0, 0.1) is 0 Å². The number of hydrogen-bond donors (Lipinski definition) is 1. The predicted octanol–water partition coefficient (Wildman–Crippen LogP) is 2.26. The van der Waals surface area contributed by atoms with Gasteiger partial charge in [0.15, 0.2) is 0 Å². The van der Waals surface area contributed by atoms with E-state index in [-0.39, 0.29) is 0 Å². The highest BCUT2D eigenvalue weighted by molar-refractivity contribution is 7.08. The smallest absolute Gasteiger partial charge is 0.231 e. The fourth-order valence-electron chi connectivity index (χ4n) is 2.09. The van der Waals surface area contributed by atoms with Crippen molar-refractivity contribution in [3.63, 3.8) is 0 Å². The van der Waals surface area contributed by atoms with Gasteiger partial charge in [0.05, 0.1) is 5.92 Å². The van der Waals surface area contributed by atoms with Crippen molar-refractivity contribution in [2.24, 2.45) is 0 Å². The Balaban J connectivity index is 1.88. The van der Waals surface area contributed by atoms with Gasteiger partial charge in [0, 0.05) is 17.0 Å². The molecule has 84 valence electrons. The normalized spacial score (nSPS) is 25.1. The van der Waals surface area contributed by atoms with E-state index in [9.17, 15) is 0 Å². The van der Waals surface area contributed by atoms with Crippen molar-refractivity contribution in [1.29, 1.82) is 0 Å². The highest BCUT2D eigenvalue weighted by atomic mass is 32.1. The third kappa shape index (κ3) is 1.66. The van der Waals surface area contributed by atoms with Crippen molar-refractivity contribution in [3.05, 3.63) is 22.7 Å². The Morgan fingerprint density at radius 3 is 3.19 bits per heavy atom. The van der Waals surface area contributed by atoms with Crippen LogP contribution < -0.4 is 5.32 Å². The molecule has 16 heavy (non-hydrogen) atoms. The molecular weight excluding hydrogens is 222 g/mol. The third-order valence-corrected chi connectivity index (χ3v) is 3.75. The fraction of sp³-hybridized carbons (Fsp3) is 0.455. The molecule has 2 aromatic rings. The topological polar surface area (TPSA) is 51.0 Å². The van der Waals surface area contributed by atoms with E-state index in [1.807, 2.05) is 16.8 Å². The summed E-state index contributed by atoms with van der Waals surface area (Å²) in [4.78, 5) is 4.47. The number of hydrogen-bond acceptors (Lipinski definition) is 5. The fourth-order valence-corrected chi connectivity index (χ4v) is 2.73. The Kier molecular flexibility index (Phi) is 2.49. The van der Waals surface area contributed by atoms with Crippen LogP contribution in [-0.4, -0.2) is 22.7 Å². The van der Waals surface area contributed by atoms with Crippen LogP contribution in [0.2, 0.25) is 0 Å². The molecule has 1 saturated heterocycles. The molecule has 1 aliphatic heterocycles. The minimum absolute atomic E-state index is 0.361. The van der Waals surface area contributed by atoms with Gasteiger partial charge in [0.25, 0.3) is 0 Å². The Labute approximate surface area is 97.7 Å². The molecule has 0 amide bonds. The van der Waals surface area contributed by atoms with E-state index in [2.05, 4.69) is 22.4 Å². The monoisotopic (exact) mass is 235 g/mol. The van der Waals surface area contributed by atoms with Gasteiger partial charge in [-0.15, -0.1) is 0 Å². The van der Waals surface area contributed by atoms with Crippen molar-refractivity contribution in [2.45, 2.75) is 25.3 Å². The number of thiophene rings is 1. The first-order valence-electron chi connectivity index (χ1n) is 5.44. The average molecular weight is 235 g/mol. The van der Waals surface area contributed by atoms with Crippen molar-refractivity contribution >= 4 is 11.3 Å². The van der Waals surface area contributed by atoms with Crippen molar-refractivity contribution < 1.29 is 4.52 Å². The van der Waals surface area contributed by atoms with Crippen LogP contribution >= 0.6 is 11.3 Å². The molecule has 1 fully saturated rings. The highest BCUT2D eigenvalue weighted by Crippen LogP contribution is 2.28. The van der Waals surface area contributed by atoms with Gasteiger partial charge in [-0.05, 0) is 31.3 Å². The maximum Gasteiger partial charge on any atom is 0.231 e. The van der Waals surface area contributed by atoms with Crippen molar-refractivity contribution in [2.75, 3.05) is 6.54 Å². The molecule has 3 rings (SSSR count). The van der Waals surface area contributed by atoms with Gasteiger partial charge in [-0.2, -0.15) is 16.3 Å². The Morgan fingerprint density at radius 2 is 2.50 bits per heavy atom. The van der Waals surface area contributed by atoms with Gasteiger partial charge in [0.2, 0.25) is 11.7 Å². The van der Waals surface area contributed by atoms with E-state index < -0.39 is 0 Å². The molecule has 1 aliphatic rings. The molecule has 0 saturated carbocycles. The maximum absolute atomic E-state index is 5.35. The van der Waals surface area contributed by atoms with E-state index in [0.717, 1.165) is 24.4 Å². The van der Waals surface area contributed by atoms with Crippen molar-refractivity contribution in [1.82, 2.24) is 15.5 Å². The lowest BCUT2D eigenvalue weighted by molar-refractivity contribution is 0.345. The van der Waals surface area contributed by atoms with E-state index in [1.165, 1.54) is 0 Å². The van der Waals surface area contributed by atoms with Gasteiger partial charge in [-0.1, -0.05) is 5.16 Å². The van der Waals surface area contributed by atoms with Crippen LogP contribution in [0.3, 0.4) is 0 Å². The molecule has 2 unspecified atom stereocenters. The van der Waals surface area contributed by atoms with E-state index >= 15 is 0 Å². The molecular formula is C11H13N3OS. The lowest BCUT2D eigenvalue weighted by atomic mass is 10.0. The summed E-state index contributed by atoms with van der Waals surface area (Å²) in [6.07, 6.45) is 1.08. The predicted molar refractivity (Wildman–Crippen MR) is 62.4 cm³/mol. The van der Waals surface area contributed by atoms with Gasteiger partial charge in [0.1, 0.15) is 0 Å². The third-order valence-electron chi connectivity index (χ3n) is 3.06. The second kappa shape index (κ2) is 3.99. The summed E-state index contributed by atoms with van der Waals surface area (Å²) in [5.41, 5.74) is 1.04. The molecule has 3 heterocycles. The number of aromatic nitrogens is 2. The van der Waals surface area contributed by atoms with Crippen molar-refractivity contribution in [3.8, 4) is 11.4 Å². The van der Waals surface area contributed by atoms with Crippen LogP contribution in [-0.2, 0) is 0 Å². The van der Waals surface area contributed by atoms with Gasteiger partial charge < -0.3 is 9.84 Å². The minimum atomic E-state index is 0.361. The van der Waals surface area contributed by atoms with Crippen LogP contribution in [0.5, 0.6) is 0 Å². The Hall–Kier alpha value is -1.20. The first-order chi connectivity index (χ1) is 7.84. The summed E-state index contributed by atoms with van der Waals surface area (Å²) in [6.45, 7) is 3.19. The van der Waals surface area contributed by atoms with Crippen LogP contribution in [0.25, 0.3) is 11.4 Å². The molecule has 0 spiro atoms. The van der Waals surface area contributed by atoms with Crippen LogP contribution in [0.15, 0.2) is 21.3 Å². The molecule has 2 aromatic heterocycles. The first kappa shape index (κ1) is 9.99. The molecule has 0 aromatic carbocycles. The molecule has 0 bridgehead atoms. The largest absolute Gasteiger partial charge is 0.339 e. The lowest BCUT2D eigenvalue weighted by Crippen LogP contribution is -2.21. The highest BCUT2D eigenvalue weighted by Gasteiger charge is 2.29. The molecule has 1 N–H and O–H groups in total.